The van der Waals surface area contributed by atoms with E-state index >= 15 is 0 Å². The van der Waals surface area contributed by atoms with Crippen molar-refractivity contribution in [2.45, 2.75) is 26.9 Å². The Morgan fingerprint density at radius 3 is 2.42 bits per heavy atom. The summed E-state index contributed by atoms with van der Waals surface area (Å²) in [7, 11) is 0. The van der Waals surface area contributed by atoms with Crippen LogP contribution in [0.4, 0.5) is 5.69 Å². The summed E-state index contributed by atoms with van der Waals surface area (Å²) in [5.41, 5.74) is 7.02. The van der Waals surface area contributed by atoms with Gasteiger partial charge in [-0.25, -0.2) is 0 Å². The lowest BCUT2D eigenvalue weighted by molar-refractivity contribution is 0.0951. The molecule has 31 heavy (non-hydrogen) atoms. The third-order valence-electron chi connectivity index (χ3n) is 6.09. The number of amides is 1. The first-order valence-electron chi connectivity index (χ1n) is 10.9. The number of hydrogen-bond acceptors (Lipinski definition) is 4. The summed E-state index contributed by atoms with van der Waals surface area (Å²) in [6.07, 6.45) is 3.50. The Labute approximate surface area is 184 Å². The van der Waals surface area contributed by atoms with Crippen molar-refractivity contribution in [1.29, 1.82) is 0 Å². The van der Waals surface area contributed by atoms with E-state index in [0.29, 0.717) is 12.1 Å². The van der Waals surface area contributed by atoms with E-state index in [1.807, 2.05) is 24.3 Å². The Balaban J connectivity index is 1.27. The number of piperazine rings is 1. The predicted octanol–water partition coefficient (Wildman–Crippen LogP) is 3.95. The number of aromatic nitrogens is 1. The van der Waals surface area contributed by atoms with Crippen LogP contribution in [0.25, 0.3) is 0 Å². The standard InChI is InChI=1S/C26H30N4O/c1-20-5-3-7-25(21(20)2)30-15-13-29(14-16-30)19-22-8-10-24(11-9-22)26(31)28-18-23-6-4-12-27-17-23/h3-12,17H,13-16,18-19H2,1-2H3,(H,28,31). The van der Waals surface area contributed by atoms with E-state index in [4.69, 9.17) is 0 Å². The highest BCUT2D eigenvalue weighted by atomic mass is 16.1. The van der Waals surface area contributed by atoms with Gasteiger partial charge in [0.05, 0.1) is 0 Å². The van der Waals surface area contributed by atoms with Gasteiger partial charge in [-0.3, -0.25) is 14.7 Å². The second-order valence-corrected chi connectivity index (χ2v) is 8.22. The number of pyridine rings is 1. The number of benzene rings is 2. The lowest BCUT2D eigenvalue weighted by Crippen LogP contribution is -2.46. The number of nitrogens with one attached hydrogen (secondary N) is 1. The van der Waals surface area contributed by atoms with Gasteiger partial charge in [0.25, 0.3) is 5.91 Å². The first-order valence-corrected chi connectivity index (χ1v) is 10.9. The summed E-state index contributed by atoms with van der Waals surface area (Å²) in [5, 5.41) is 2.95. The lowest BCUT2D eigenvalue weighted by Gasteiger charge is -2.37. The minimum Gasteiger partial charge on any atom is -0.369 e. The summed E-state index contributed by atoms with van der Waals surface area (Å²) < 4.78 is 0. The topological polar surface area (TPSA) is 48.5 Å². The molecule has 0 saturated carbocycles. The molecule has 1 aliphatic rings. The van der Waals surface area contributed by atoms with Crippen LogP contribution < -0.4 is 10.2 Å². The normalized spacial score (nSPS) is 14.5. The van der Waals surface area contributed by atoms with E-state index < -0.39 is 0 Å². The summed E-state index contributed by atoms with van der Waals surface area (Å²) in [6, 6.07) is 18.4. The van der Waals surface area contributed by atoms with Crippen LogP contribution in [-0.2, 0) is 13.1 Å². The summed E-state index contributed by atoms with van der Waals surface area (Å²) in [6.45, 7) is 9.96. The first kappa shape index (κ1) is 21.1. The van der Waals surface area contributed by atoms with Crippen molar-refractivity contribution in [2.75, 3.05) is 31.1 Å². The quantitative estimate of drug-likeness (QED) is 0.664. The van der Waals surface area contributed by atoms with E-state index in [1.54, 1.807) is 12.4 Å². The smallest absolute Gasteiger partial charge is 0.251 e. The van der Waals surface area contributed by atoms with Gasteiger partial charge in [0.1, 0.15) is 0 Å². The Bertz CT molecular complexity index is 1010. The molecule has 0 bridgehead atoms. The molecule has 0 atom stereocenters. The Morgan fingerprint density at radius 2 is 1.71 bits per heavy atom. The Morgan fingerprint density at radius 1 is 0.935 bits per heavy atom. The van der Waals surface area contributed by atoms with Gasteiger partial charge >= 0.3 is 0 Å². The van der Waals surface area contributed by atoms with Gasteiger partial charge in [-0.2, -0.15) is 0 Å². The molecule has 5 heteroatoms. The maximum atomic E-state index is 12.4. The fraction of sp³-hybridized carbons (Fsp3) is 0.308. The van der Waals surface area contributed by atoms with Gasteiger partial charge in [0.15, 0.2) is 0 Å². The molecule has 0 unspecified atom stereocenters. The Kier molecular flexibility index (Phi) is 6.63. The van der Waals surface area contributed by atoms with E-state index in [0.717, 1.165) is 38.3 Å². The Hall–Kier alpha value is -3.18. The van der Waals surface area contributed by atoms with Crippen molar-refractivity contribution in [3.8, 4) is 0 Å². The fourth-order valence-electron chi connectivity index (χ4n) is 4.03. The van der Waals surface area contributed by atoms with E-state index in [-0.39, 0.29) is 5.91 Å². The molecule has 1 aromatic heterocycles. The van der Waals surface area contributed by atoms with Crippen molar-refractivity contribution in [3.05, 3.63) is 94.8 Å². The highest BCUT2D eigenvalue weighted by Gasteiger charge is 2.19. The third-order valence-corrected chi connectivity index (χ3v) is 6.09. The molecule has 1 amide bonds. The molecule has 1 fully saturated rings. The summed E-state index contributed by atoms with van der Waals surface area (Å²) in [5.74, 6) is -0.0578. The highest BCUT2D eigenvalue weighted by Crippen LogP contribution is 2.24. The van der Waals surface area contributed by atoms with Gasteiger partial charge in [0, 0.05) is 62.9 Å². The molecule has 2 aromatic carbocycles. The van der Waals surface area contributed by atoms with Gasteiger partial charge in [-0.15, -0.1) is 0 Å². The maximum absolute atomic E-state index is 12.4. The highest BCUT2D eigenvalue weighted by molar-refractivity contribution is 5.94. The van der Waals surface area contributed by atoms with Crippen LogP contribution in [0.15, 0.2) is 67.0 Å². The fourth-order valence-corrected chi connectivity index (χ4v) is 4.03. The van der Waals surface area contributed by atoms with Gasteiger partial charge < -0.3 is 10.2 Å². The van der Waals surface area contributed by atoms with Gasteiger partial charge in [-0.05, 0) is 60.4 Å². The molecule has 3 aromatic rings. The molecule has 1 saturated heterocycles. The molecule has 5 nitrogen and oxygen atoms in total. The molecule has 0 spiro atoms. The lowest BCUT2D eigenvalue weighted by atomic mass is 10.1. The predicted molar refractivity (Wildman–Crippen MR) is 125 cm³/mol. The van der Waals surface area contributed by atoms with Crippen LogP contribution >= 0.6 is 0 Å². The molecular formula is C26H30N4O. The number of nitrogens with zero attached hydrogens (tertiary/aromatic N) is 3. The number of rotatable bonds is 6. The minimum atomic E-state index is -0.0578. The van der Waals surface area contributed by atoms with Crippen LogP contribution in [-0.4, -0.2) is 42.0 Å². The van der Waals surface area contributed by atoms with Crippen molar-refractivity contribution < 1.29 is 4.79 Å². The second-order valence-electron chi connectivity index (χ2n) is 8.22. The largest absolute Gasteiger partial charge is 0.369 e. The second kappa shape index (κ2) is 9.75. The van der Waals surface area contributed by atoms with E-state index in [1.165, 1.54) is 22.4 Å². The van der Waals surface area contributed by atoms with Crippen LogP contribution in [0.1, 0.15) is 32.6 Å². The zero-order chi connectivity index (χ0) is 21.6. The molecular weight excluding hydrogens is 384 g/mol. The number of carbonyl (C=O) groups is 1. The zero-order valence-electron chi connectivity index (χ0n) is 18.3. The summed E-state index contributed by atoms with van der Waals surface area (Å²) in [4.78, 5) is 21.4. The molecule has 1 N–H and O–H groups in total. The molecule has 0 aliphatic carbocycles. The van der Waals surface area contributed by atoms with Gasteiger partial charge in [-0.1, -0.05) is 30.3 Å². The molecule has 1 aliphatic heterocycles. The molecule has 2 heterocycles. The van der Waals surface area contributed by atoms with Crippen LogP contribution in [0.5, 0.6) is 0 Å². The molecule has 4 rings (SSSR count). The number of anilines is 1. The number of carbonyl (C=O) groups excluding carboxylic acids is 1. The molecule has 160 valence electrons. The zero-order valence-corrected chi connectivity index (χ0v) is 18.3. The van der Waals surface area contributed by atoms with E-state index in [9.17, 15) is 4.79 Å². The van der Waals surface area contributed by atoms with Crippen LogP contribution in [0.3, 0.4) is 0 Å². The van der Waals surface area contributed by atoms with Crippen molar-refractivity contribution in [1.82, 2.24) is 15.2 Å². The SMILES string of the molecule is Cc1cccc(N2CCN(Cc3ccc(C(=O)NCc4cccnc4)cc3)CC2)c1C. The van der Waals surface area contributed by atoms with Crippen molar-refractivity contribution in [3.63, 3.8) is 0 Å². The van der Waals surface area contributed by atoms with Crippen molar-refractivity contribution >= 4 is 11.6 Å². The monoisotopic (exact) mass is 414 g/mol. The van der Waals surface area contributed by atoms with Crippen molar-refractivity contribution in [2.24, 2.45) is 0 Å². The average molecular weight is 415 g/mol. The number of hydrogen-bond donors (Lipinski definition) is 1. The van der Waals surface area contributed by atoms with E-state index in [2.05, 4.69) is 64.3 Å². The maximum Gasteiger partial charge on any atom is 0.251 e. The first-order chi connectivity index (χ1) is 15.1. The average Bonchev–Trinajstić information content (AvgIpc) is 2.81. The van der Waals surface area contributed by atoms with Crippen LogP contribution in [0, 0.1) is 13.8 Å². The minimum absolute atomic E-state index is 0.0578. The van der Waals surface area contributed by atoms with Crippen LogP contribution in [0.2, 0.25) is 0 Å². The summed E-state index contributed by atoms with van der Waals surface area (Å²) >= 11 is 0. The molecule has 0 radical (unpaired) electrons. The third kappa shape index (κ3) is 5.30. The van der Waals surface area contributed by atoms with Gasteiger partial charge in [0.2, 0.25) is 0 Å². The number of aryl methyl sites for hydroxylation is 1.